The molecule has 3 aliphatic rings. The van der Waals surface area contributed by atoms with Crippen molar-refractivity contribution < 1.29 is 37.4 Å². The first-order valence-electron chi connectivity index (χ1n) is 12.4. The quantitative estimate of drug-likeness (QED) is 0.579. The predicted octanol–water partition coefficient (Wildman–Crippen LogP) is 2.66. The summed E-state index contributed by atoms with van der Waals surface area (Å²) in [5, 5.41) is 22.9. The molecule has 5 rings (SSSR count). The smallest absolute Gasteiger partial charge is 0.270 e. The van der Waals surface area contributed by atoms with E-state index in [1.807, 2.05) is 6.07 Å². The molecule has 4 atom stereocenters. The Hall–Kier alpha value is -4.11. The highest BCUT2D eigenvalue weighted by Crippen LogP contribution is 2.43. The van der Waals surface area contributed by atoms with Crippen LogP contribution in [0.2, 0.25) is 0 Å². The summed E-state index contributed by atoms with van der Waals surface area (Å²) in [7, 11) is 1.36. The van der Waals surface area contributed by atoms with E-state index in [2.05, 4.69) is 5.32 Å². The average molecular weight is 543 g/mol. The number of hydrogen-bond acceptors (Lipinski definition) is 6. The number of aliphatic hydroxyl groups is 1. The second-order valence-corrected chi connectivity index (χ2v) is 10.2. The maximum Gasteiger partial charge on any atom is 0.270 e. The topological polar surface area (TPSA) is 123 Å². The first-order chi connectivity index (χ1) is 18.5. The minimum atomic E-state index is -1.77. The fourth-order valence-corrected chi connectivity index (χ4v) is 5.11. The van der Waals surface area contributed by atoms with Crippen molar-refractivity contribution in [2.45, 2.75) is 49.5 Å². The Morgan fingerprint density at radius 2 is 1.92 bits per heavy atom. The fraction of sp³-hybridized carbons (Fsp3) is 0.407. The standard InChI is InChI=1S/C27H25F3N4O5/c1-33(25(37)23(35)15-4-6-16(28)7-5-15)20(8-14-2-3-14)24(36)34-13-27(11-18(34)12-31)26(38)32-22-19(30)9-17(29)10-21(22)39-27/h4-7,9-10,14,18,20,23,35H,2-3,8,11,13H2,1H3,(H,32,38)/t18-,20-,23?,27+/m0/s1. The van der Waals surface area contributed by atoms with Crippen LogP contribution in [0.5, 0.6) is 5.75 Å². The zero-order chi connectivity index (χ0) is 28.1. The summed E-state index contributed by atoms with van der Waals surface area (Å²) in [5.74, 6) is -4.81. The van der Waals surface area contributed by atoms with Crippen LogP contribution in [0, 0.1) is 34.7 Å². The van der Waals surface area contributed by atoms with E-state index in [1.54, 1.807) is 0 Å². The Morgan fingerprint density at radius 1 is 1.23 bits per heavy atom. The van der Waals surface area contributed by atoms with Crippen molar-refractivity contribution in [3.8, 4) is 11.8 Å². The monoisotopic (exact) mass is 542 g/mol. The number of halogens is 3. The van der Waals surface area contributed by atoms with Crippen molar-refractivity contribution in [2.75, 3.05) is 18.9 Å². The highest BCUT2D eigenvalue weighted by molar-refractivity contribution is 6.02. The number of nitrogens with zero attached hydrogens (tertiary/aromatic N) is 3. The summed E-state index contributed by atoms with van der Waals surface area (Å²) in [6.45, 7) is -0.392. The lowest BCUT2D eigenvalue weighted by Crippen LogP contribution is -2.55. The zero-order valence-electron chi connectivity index (χ0n) is 20.9. The number of benzene rings is 2. The molecule has 0 bridgehead atoms. The molecule has 2 aromatic rings. The van der Waals surface area contributed by atoms with Crippen LogP contribution >= 0.6 is 0 Å². The second-order valence-electron chi connectivity index (χ2n) is 10.2. The van der Waals surface area contributed by atoms with E-state index in [9.17, 15) is 37.9 Å². The van der Waals surface area contributed by atoms with Crippen molar-refractivity contribution in [3.05, 3.63) is 59.4 Å². The van der Waals surface area contributed by atoms with Crippen LogP contribution in [0.15, 0.2) is 36.4 Å². The van der Waals surface area contributed by atoms with Gasteiger partial charge in [0.05, 0.1) is 12.6 Å². The van der Waals surface area contributed by atoms with Crippen LogP contribution in [-0.4, -0.2) is 63.9 Å². The molecule has 2 aliphatic heterocycles. The number of ether oxygens (including phenoxy) is 1. The van der Waals surface area contributed by atoms with Gasteiger partial charge in [-0.05, 0) is 30.0 Å². The summed E-state index contributed by atoms with van der Waals surface area (Å²) >= 11 is 0. The lowest BCUT2D eigenvalue weighted by molar-refractivity contribution is -0.150. The third-order valence-corrected chi connectivity index (χ3v) is 7.51. The molecule has 2 aromatic carbocycles. The normalized spacial score (nSPS) is 23.3. The van der Waals surface area contributed by atoms with Crippen molar-refractivity contribution in [1.82, 2.24) is 9.80 Å². The predicted molar refractivity (Wildman–Crippen MR) is 129 cm³/mol. The van der Waals surface area contributed by atoms with Gasteiger partial charge in [0, 0.05) is 25.6 Å². The Bertz CT molecular complexity index is 1380. The largest absolute Gasteiger partial charge is 0.473 e. The van der Waals surface area contributed by atoms with Gasteiger partial charge in [-0.1, -0.05) is 25.0 Å². The molecular weight excluding hydrogens is 517 g/mol. The Balaban J connectivity index is 1.40. The number of nitrogens with one attached hydrogen (secondary N) is 1. The van der Waals surface area contributed by atoms with Crippen LogP contribution in [0.1, 0.15) is 37.4 Å². The molecule has 0 aromatic heterocycles. The van der Waals surface area contributed by atoms with Gasteiger partial charge < -0.3 is 25.0 Å². The summed E-state index contributed by atoms with van der Waals surface area (Å²) in [6, 6.07) is 6.03. The van der Waals surface area contributed by atoms with Crippen LogP contribution in [0.3, 0.4) is 0 Å². The number of hydrogen-bond donors (Lipinski definition) is 2. The van der Waals surface area contributed by atoms with E-state index in [0.717, 1.165) is 40.8 Å². The number of fused-ring (bicyclic) bond motifs is 1. The first kappa shape index (κ1) is 26.5. The minimum Gasteiger partial charge on any atom is -0.473 e. The molecule has 1 aliphatic carbocycles. The maximum atomic E-state index is 14.2. The van der Waals surface area contributed by atoms with Gasteiger partial charge in [-0.3, -0.25) is 14.4 Å². The van der Waals surface area contributed by atoms with Gasteiger partial charge >= 0.3 is 0 Å². The third kappa shape index (κ3) is 4.90. The zero-order valence-corrected chi connectivity index (χ0v) is 20.9. The minimum absolute atomic E-state index is 0.145. The summed E-state index contributed by atoms with van der Waals surface area (Å²) in [5.41, 5.74) is -1.97. The van der Waals surface area contributed by atoms with E-state index >= 15 is 0 Å². The number of carbonyl (C=O) groups excluding carboxylic acids is 3. The molecule has 9 nitrogen and oxygen atoms in total. The molecule has 39 heavy (non-hydrogen) atoms. The Kier molecular flexibility index (Phi) is 6.72. The number of rotatable bonds is 6. The number of likely N-dealkylation sites (N-methyl/N-ethyl adjacent to an activating group) is 1. The van der Waals surface area contributed by atoms with Crippen molar-refractivity contribution in [1.29, 1.82) is 5.26 Å². The average Bonchev–Trinajstić information content (AvgIpc) is 3.66. The molecule has 1 spiro atoms. The lowest BCUT2D eigenvalue weighted by Gasteiger charge is -2.35. The van der Waals surface area contributed by atoms with Gasteiger partial charge in [0.1, 0.15) is 29.4 Å². The molecule has 12 heteroatoms. The second kappa shape index (κ2) is 9.89. The Labute approximate surface area is 221 Å². The van der Waals surface area contributed by atoms with E-state index in [0.29, 0.717) is 6.07 Å². The number of aliphatic hydroxyl groups excluding tert-OH is 1. The third-order valence-electron chi connectivity index (χ3n) is 7.51. The number of carbonyl (C=O) groups is 3. The van der Waals surface area contributed by atoms with Crippen LogP contribution in [0.25, 0.3) is 0 Å². The van der Waals surface area contributed by atoms with E-state index < -0.39 is 65.5 Å². The highest BCUT2D eigenvalue weighted by atomic mass is 19.1. The molecule has 2 heterocycles. The van der Waals surface area contributed by atoms with Gasteiger partial charge in [0.25, 0.3) is 11.8 Å². The molecule has 2 fully saturated rings. The van der Waals surface area contributed by atoms with Crippen molar-refractivity contribution in [2.24, 2.45) is 5.92 Å². The number of anilines is 1. The number of nitriles is 1. The number of amides is 3. The fourth-order valence-electron chi connectivity index (χ4n) is 5.11. The molecule has 3 amide bonds. The summed E-state index contributed by atoms with van der Waals surface area (Å²) in [4.78, 5) is 42.3. The lowest BCUT2D eigenvalue weighted by atomic mass is 9.97. The molecular formula is C27H25F3N4O5. The van der Waals surface area contributed by atoms with Gasteiger partial charge in [-0.15, -0.1) is 0 Å². The molecule has 0 radical (unpaired) electrons. The molecule has 1 saturated heterocycles. The van der Waals surface area contributed by atoms with Crippen molar-refractivity contribution >= 4 is 23.4 Å². The first-order valence-corrected chi connectivity index (χ1v) is 12.4. The Morgan fingerprint density at radius 3 is 2.56 bits per heavy atom. The SMILES string of the molecule is CN(C(=O)C(O)c1ccc(F)cc1)[C@@H](CC1CC1)C(=O)N1C[C@@]2(C[C@H]1C#N)Oc1cc(F)cc(F)c1NC2=O. The van der Waals surface area contributed by atoms with E-state index in [1.165, 1.54) is 19.2 Å². The molecule has 1 saturated carbocycles. The van der Waals surface area contributed by atoms with Gasteiger partial charge in [0.15, 0.2) is 17.7 Å². The van der Waals surface area contributed by atoms with Crippen molar-refractivity contribution in [3.63, 3.8) is 0 Å². The highest BCUT2D eigenvalue weighted by Gasteiger charge is 2.57. The van der Waals surface area contributed by atoms with Crippen LogP contribution in [0.4, 0.5) is 18.9 Å². The summed E-state index contributed by atoms with van der Waals surface area (Å²) in [6.07, 6.45) is 0.0421. The van der Waals surface area contributed by atoms with Gasteiger partial charge in [0.2, 0.25) is 11.5 Å². The van der Waals surface area contributed by atoms with Crippen LogP contribution < -0.4 is 10.1 Å². The summed E-state index contributed by atoms with van der Waals surface area (Å²) < 4.78 is 47.1. The van der Waals surface area contributed by atoms with Crippen LogP contribution in [-0.2, 0) is 14.4 Å². The number of likely N-dealkylation sites (tertiary alicyclic amines) is 1. The molecule has 204 valence electrons. The van der Waals surface area contributed by atoms with E-state index in [-0.39, 0.29) is 35.8 Å². The van der Waals surface area contributed by atoms with Gasteiger partial charge in [-0.2, -0.15) is 5.26 Å². The van der Waals surface area contributed by atoms with E-state index in [4.69, 9.17) is 4.74 Å². The molecule has 2 N–H and O–H groups in total. The van der Waals surface area contributed by atoms with Gasteiger partial charge in [-0.25, -0.2) is 13.2 Å². The molecule has 1 unspecified atom stereocenters. The maximum absolute atomic E-state index is 14.2.